The van der Waals surface area contributed by atoms with E-state index in [2.05, 4.69) is 0 Å². The average Bonchev–Trinajstić information content (AvgIpc) is 2.92. The molecule has 9 heteroatoms. The maximum absolute atomic E-state index is 14.0. The number of amides is 2. The smallest absolute Gasteiger partial charge is 0.410 e. The first-order valence-corrected chi connectivity index (χ1v) is 14.4. The number of halogens is 1. The Morgan fingerprint density at radius 3 is 2.30 bits per heavy atom. The topological polar surface area (TPSA) is 88.5 Å². The lowest BCUT2D eigenvalue weighted by Crippen LogP contribution is -2.55. The van der Waals surface area contributed by atoms with E-state index in [-0.39, 0.29) is 12.0 Å². The first-order chi connectivity index (χ1) is 19.0. The van der Waals surface area contributed by atoms with E-state index in [0.717, 1.165) is 30.6 Å². The summed E-state index contributed by atoms with van der Waals surface area (Å²) in [4.78, 5) is 29.9. The van der Waals surface area contributed by atoms with Gasteiger partial charge in [0.2, 0.25) is 5.91 Å². The van der Waals surface area contributed by atoms with Crippen LogP contribution in [0.15, 0.2) is 42.5 Å². The molecule has 40 heavy (non-hydrogen) atoms. The molecule has 1 unspecified atom stereocenters. The minimum Gasteiger partial charge on any atom is -0.497 e. The van der Waals surface area contributed by atoms with Crippen molar-refractivity contribution in [2.75, 3.05) is 33.3 Å². The fourth-order valence-electron chi connectivity index (χ4n) is 5.49. The lowest BCUT2D eigenvalue weighted by molar-refractivity contribution is -0.143. The van der Waals surface area contributed by atoms with E-state index in [1.165, 1.54) is 0 Å². The molecule has 1 saturated carbocycles. The fraction of sp³-hybridized carbons (Fsp3) is 0.548. The third-order valence-corrected chi connectivity index (χ3v) is 7.86. The van der Waals surface area contributed by atoms with Crippen LogP contribution >= 0.6 is 11.6 Å². The predicted octanol–water partition coefficient (Wildman–Crippen LogP) is 5.79. The molecule has 1 aliphatic carbocycles. The monoisotopic (exact) mass is 572 g/mol. The first-order valence-electron chi connectivity index (χ1n) is 14.0. The maximum Gasteiger partial charge on any atom is 0.410 e. The Morgan fingerprint density at radius 1 is 1.00 bits per heavy atom. The van der Waals surface area contributed by atoms with Crippen LogP contribution in [0.2, 0.25) is 5.02 Å². The highest BCUT2D eigenvalue weighted by atomic mass is 35.5. The van der Waals surface area contributed by atoms with Crippen molar-refractivity contribution in [3.63, 3.8) is 0 Å². The molecule has 2 aromatic carbocycles. The molecular weight excluding hydrogens is 532 g/mol. The van der Waals surface area contributed by atoms with E-state index < -0.39 is 17.1 Å². The molecule has 0 bridgehead atoms. The van der Waals surface area contributed by atoms with Crippen LogP contribution in [-0.4, -0.2) is 71.4 Å². The van der Waals surface area contributed by atoms with E-state index in [1.54, 1.807) is 29.0 Å². The summed E-state index contributed by atoms with van der Waals surface area (Å²) in [5, 5.41) is 12.2. The summed E-state index contributed by atoms with van der Waals surface area (Å²) < 4.78 is 16.8. The number of hydrogen-bond donors (Lipinski definition) is 1. The highest BCUT2D eigenvalue weighted by Crippen LogP contribution is 2.43. The molecular formula is C31H41ClN2O6. The van der Waals surface area contributed by atoms with Crippen molar-refractivity contribution in [3.8, 4) is 11.5 Å². The molecule has 1 N–H and O–H groups in total. The van der Waals surface area contributed by atoms with Crippen LogP contribution in [-0.2, 0) is 16.1 Å². The fourth-order valence-corrected chi connectivity index (χ4v) is 5.73. The van der Waals surface area contributed by atoms with Gasteiger partial charge in [0.15, 0.2) is 0 Å². The molecule has 1 aliphatic heterocycles. The van der Waals surface area contributed by atoms with Crippen LogP contribution in [0.25, 0.3) is 0 Å². The lowest BCUT2D eigenvalue weighted by atomic mass is 9.72. The van der Waals surface area contributed by atoms with Gasteiger partial charge in [-0.1, -0.05) is 49.1 Å². The minimum atomic E-state index is -1.16. The normalized spacial score (nSPS) is 18.1. The predicted molar refractivity (Wildman–Crippen MR) is 154 cm³/mol. The van der Waals surface area contributed by atoms with Crippen LogP contribution in [0, 0.1) is 0 Å². The minimum absolute atomic E-state index is 0.144. The second-order valence-electron chi connectivity index (χ2n) is 11.7. The number of piperazine rings is 1. The van der Waals surface area contributed by atoms with Crippen LogP contribution in [0.5, 0.6) is 11.5 Å². The Bertz CT molecular complexity index is 1180. The van der Waals surface area contributed by atoms with Crippen LogP contribution in [0.4, 0.5) is 4.79 Å². The van der Waals surface area contributed by atoms with Gasteiger partial charge in [-0.15, -0.1) is 0 Å². The van der Waals surface area contributed by atoms with Crippen molar-refractivity contribution < 1.29 is 28.9 Å². The van der Waals surface area contributed by atoms with Gasteiger partial charge < -0.3 is 29.1 Å². The van der Waals surface area contributed by atoms with Crippen molar-refractivity contribution in [3.05, 3.63) is 58.6 Å². The number of hydrogen-bond acceptors (Lipinski definition) is 6. The first kappa shape index (κ1) is 30.0. The van der Waals surface area contributed by atoms with Gasteiger partial charge in [-0.2, -0.15) is 0 Å². The van der Waals surface area contributed by atoms with Gasteiger partial charge in [0.25, 0.3) is 0 Å². The number of methoxy groups -OCH3 is 1. The molecule has 218 valence electrons. The number of aliphatic hydroxyl groups is 1. The SMILES string of the molecule is COc1cccc(COc2ccc(C(C(=O)N3CCN(C(=O)OC(C)(C)C)CC3)C3(O)CCCCC3)cc2Cl)c1. The highest BCUT2D eigenvalue weighted by molar-refractivity contribution is 6.32. The molecule has 2 amide bonds. The van der Waals surface area contributed by atoms with Crippen LogP contribution in [0.1, 0.15) is 69.9 Å². The van der Waals surface area contributed by atoms with Crippen LogP contribution in [0.3, 0.4) is 0 Å². The van der Waals surface area contributed by atoms with Gasteiger partial charge in [-0.25, -0.2) is 4.79 Å². The van der Waals surface area contributed by atoms with Crippen molar-refractivity contribution in [1.29, 1.82) is 0 Å². The molecule has 8 nitrogen and oxygen atoms in total. The third kappa shape index (κ3) is 7.40. The number of benzene rings is 2. The largest absolute Gasteiger partial charge is 0.497 e. The molecule has 1 saturated heterocycles. The quantitative estimate of drug-likeness (QED) is 0.452. The van der Waals surface area contributed by atoms with Crippen molar-refractivity contribution in [2.45, 2.75) is 76.6 Å². The molecule has 0 radical (unpaired) electrons. The summed E-state index contributed by atoms with van der Waals surface area (Å²) >= 11 is 6.67. The number of rotatable bonds is 7. The summed E-state index contributed by atoms with van der Waals surface area (Å²) in [5.41, 5.74) is -0.135. The standard InChI is InChI=1S/C31H41ClN2O6/c1-30(2,3)40-29(36)34-17-15-33(16-18-34)28(35)27(31(37)13-6-5-7-14-31)23-11-12-26(25(32)20-23)39-21-22-9-8-10-24(19-22)38-4/h8-12,19-20,27,37H,5-7,13-18,21H2,1-4H3. The van der Waals surface area contributed by atoms with E-state index in [0.29, 0.717) is 62.0 Å². The van der Waals surface area contributed by atoms with Gasteiger partial charge in [0, 0.05) is 26.2 Å². The lowest BCUT2D eigenvalue weighted by Gasteiger charge is -2.43. The van der Waals surface area contributed by atoms with E-state index in [9.17, 15) is 14.7 Å². The maximum atomic E-state index is 14.0. The van der Waals surface area contributed by atoms with Gasteiger partial charge in [-0.3, -0.25) is 4.79 Å². The number of ether oxygens (including phenoxy) is 3. The second kappa shape index (κ2) is 12.7. The van der Waals surface area contributed by atoms with Gasteiger partial charge in [0.05, 0.1) is 23.7 Å². The van der Waals surface area contributed by atoms with E-state index >= 15 is 0 Å². The van der Waals surface area contributed by atoms with Gasteiger partial charge >= 0.3 is 6.09 Å². The van der Waals surface area contributed by atoms with E-state index in [1.807, 2.05) is 51.1 Å². The van der Waals surface area contributed by atoms with Gasteiger partial charge in [-0.05, 0) is 69.0 Å². The molecule has 0 spiro atoms. The molecule has 1 heterocycles. The Morgan fingerprint density at radius 2 is 1.68 bits per heavy atom. The summed E-state index contributed by atoms with van der Waals surface area (Å²) in [6.45, 7) is 7.32. The molecule has 0 aromatic heterocycles. The Hall–Kier alpha value is -2.97. The summed E-state index contributed by atoms with van der Waals surface area (Å²) in [6, 6.07) is 13.0. The molecule has 4 rings (SSSR count). The van der Waals surface area contributed by atoms with E-state index in [4.69, 9.17) is 25.8 Å². The summed E-state index contributed by atoms with van der Waals surface area (Å²) in [6.07, 6.45) is 3.48. The van der Waals surface area contributed by atoms with Gasteiger partial charge in [0.1, 0.15) is 23.7 Å². The Kier molecular flexibility index (Phi) is 9.52. The number of nitrogens with zero attached hydrogens (tertiary/aromatic N) is 2. The Balaban J connectivity index is 1.50. The Labute approximate surface area is 242 Å². The summed E-state index contributed by atoms with van der Waals surface area (Å²) in [5.74, 6) is 0.345. The molecule has 2 aliphatic rings. The van der Waals surface area contributed by atoms with Crippen molar-refractivity contribution >= 4 is 23.6 Å². The van der Waals surface area contributed by atoms with Crippen molar-refractivity contribution in [1.82, 2.24) is 9.80 Å². The zero-order chi connectivity index (χ0) is 28.9. The molecule has 2 fully saturated rings. The third-order valence-electron chi connectivity index (χ3n) is 7.56. The van der Waals surface area contributed by atoms with Crippen LogP contribution < -0.4 is 9.47 Å². The molecule has 2 aromatic rings. The number of carbonyl (C=O) groups excluding carboxylic acids is 2. The highest BCUT2D eigenvalue weighted by Gasteiger charge is 2.45. The zero-order valence-electron chi connectivity index (χ0n) is 24.0. The van der Waals surface area contributed by atoms with Crippen molar-refractivity contribution in [2.24, 2.45) is 0 Å². The zero-order valence-corrected chi connectivity index (χ0v) is 24.7. The summed E-state index contributed by atoms with van der Waals surface area (Å²) in [7, 11) is 1.62. The number of carbonyl (C=O) groups is 2. The molecule has 1 atom stereocenters. The second-order valence-corrected chi connectivity index (χ2v) is 12.1. The average molecular weight is 573 g/mol.